The predicted octanol–water partition coefficient (Wildman–Crippen LogP) is 2.65. The first kappa shape index (κ1) is 17.3. The molecule has 0 saturated carbocycles. The van der Waals surface area contributed by atoms with E-state index in [1.807, 2.05) is 48.5 Å². The first-order valence-electron chi connectivity index (χ1n) is 6.55. The van der Waals surface area contributed by atoms with Gasteiger partial charge in [0.1, 0.15) is 6.61 Å². The third-order valence-corrected chi connectivity index (χ3v) is 3.11. The van der Waals surface area contributed by atoms with E-state index in [0.717, 1.165) is 11.1 Å². The van der Waals surface area contributed by atoms with Gasteiger partial charge in [-0.3, -0.25) is 0 Å². The Morgan fingerprint density at radius 3 is 2.38 bits per heavy atom. The van der Waals surface area contributed by atoms with Crippen molar-refractivity contribution in [3.8, 4) is 11.5 Å². The quantitative estimate of drug-likeness (QED) is 0.860. The molecule has 2 aromatic rings. The zero-order chi connectivity index (χ0) is 14.4. The third-order valence-electron chi connectivity index (χ3n) is 3.11. The lowest BCUT2D eigenvalue weighted by molar-refractivity contribution is 0.284. The highest BCUT2D eigenvalue weighted by Crippen LogP contribution is 2.30. The summed E-state index contributed by atoms with van der Waals surface area (Å²) in [5.41, 5.74) is 13.6. The molecule has 2 aromatic carbocycles. The number of benzene rings is 2. The highest BCUT2D eigenvalue weighted by molar-refractivity contribution is 5.85. The Hall–Kier alpha value is -1.75. The summed E-state index contributed by atoms with van der Waals surface area (Å²) in [5.74, 6) is 1.37. The lowest BCUT2D eigenvalue weighted by Crippen LogP contribution is -2.20. The van der Waals surface area contributed by atoms with E-state index < -0.39 is 0 Å². The molecule has 4 N–H and O–H groups in total. The number of hydrogen-bond acceptors (Lipinski definition) is 4. The minimum Gasteiger partial charge on any atom is -0.493 e. The summed E-state index contributed by atoms with van der Waals surface area (Å²) < 4.78 is 11.1. The highest BCUT2D eigenvalue weighted by Gasteiger charge is 2.10. The molecular formula is C16H21ClN2O2. The van der Waals surface area contributed by atoms with Crippen LogP contribution in [-0.2, 0) is 6.61 Å². The van der Waals surface area contributed by atoms with Crippen molar-refractivity contribution in [1.82, 2.24) is 0 Å². The van der Waals surface area contributed by atoms with E-state index in [1.165, 1.54) is 0 Å². The predicted molar refractivity (Wildman–Crippen MR) is 87.0 cm³/mol. The van der Waals surface area contributed by atoms with Crippen LogP contribution in [0.4, 0.5) is 0 Å². The van der Waals surface area contributed by atoms with Crippen LogP contribution in [0, 0.1) is 0 Å². The minimum atomic E-state index is -0.194. The second kappa shape index (κ2) is 8.52. The van der Waals surface area contributed by atoms with Crippen molar-refractivity contribution in [2.75, 3.05) is 13.7 Å². The van der Waals surface area contributed by atoms with E-state index in [2.05, 4.69) is 0 Å². The molecule has 2 rings (SSSR count). The van der Waals surface area contributed by atoms with Gasteiger partial charge in [-0.15, -0.1) is 12.4 Å². The SMILES string of the molecule is COc1ccc([C@H](N)CN)cc1OCc1ccccc1.Cl. The molecule has 4 nitrogen and oxygen atoms in total. The van der Waals surface area contributed by atoms with Crippen molar-refractivity contribution in [3.05, 3.63) is 59.7 Å². The summed E-state index contributed by atoms with van der Waals surface area (Å²) in [6, 6.07) is 15.4. The molecule has 0 heterocycles. The largest absolute Gasteiger partial charge is 0.493 e. The smallest absolute Gasteiger partial charge is 0.161 e. The molecule has 0 aliphatic heterocycles. The molecule has 0 fully saturated rings. The topological polar surface area (TPSA) is 70.5 Å². The number of methoxy groups -OCH3 is 1. The van der Waals surface area contributed by atoms with Crippen molar-refractivity contribution in [3.63, 3.8) is 0 Å². The Kier molecular flexibility index (Phi) is 7.02. The third kappa shape index (κ3) is 4.63. The first-order valence-corrected chi connectivity index (χ1v) is 6.55. The van der Waals surface area contributed by atoms with Gasteiger partial charge in [-0.2, -0.15) is 0 Å². The fourth-order valence-electron chi connectivity index (χ4n) is 1.91. The molecule has 5 heteroatoms. The molecule has 0 unspecified atom stereocenters. The van der Waals surface area contributed by atoms with E-state index in [-0.39, 0.29) is 18.4 Å². The summed E-state index contributed by atoms with van der Waals surface area (Å²) in [4.78, 5) is 0. The zero-order valence-corrected chi connectivity index (χ0v) is 12.8. The fraction of sp³-hybridized carbons (Fsp3) is 0.250. The van der Waals surface area contributed by atoms with Crippen LogP contribution < -0.4 is 20.9 Å². The van der Waals surface area contributed by atoms with Crippen LogP contribution in [0.2, 0.25) is 0 Å². The van der Waals surface area contributed by atoms with Crippen molar-refractivity contribution < 1.29 is 9.47 Å². The van der Waals surface area contributed by atoms with Gasteiger partial charge in [0, 0.05) is 12.6 Å². The van der Waals surface area contributed by atoms with Gasteiger partial charge in [0.25, 0.3) is 0 Å². The number of ether oxygens (including phenoxy) is 2. The monoisotopic (exact) mass is 308 g/mol. The van der Waals surface area contributed by atoms with Crippen molar-refractivity contribution >= 4 is 12.4 Å². The van der Waals surface area contributed by atoms with Gasteiger partial charge in [0.15, 0.2) is 11.5 Å². The van der Waals surface area contributed by atoms with Crippen LogP contribution in [0.1, 0.15) is 17.2 Å². The molecular weight excluding hydrogens is 288 g/mol. The molecule has 0 aromatic heterocycles. The number of rotatable bonds is 6. The van der Waals surface area contributed by atoms with E-state index >= 15 is 0 Å². The molecule has 0 radical (unpaired) electrons. The minimum absolute atomic E-state index is 0. The van der Waals surface area contributed by atoms with Gasteiger partial charge in [0.2, 0.25) is 0 Å². The van der Waals surface area contributed by atoms with Crippen LogP contribution >= 0.6 is 12.4 Å². The fourth-order valence-corrected chi connectivity index (χ4v) is 1.91. The lowest BCUT2D eigenvalue weighted by Gasteiger charge is -2.15. The van der Waals surface area contributed by atoms with Gasteiger partial charge in [-0.05, 0) is 23.3 Å². The molecule has 0 aliphatic carbocycles. The second-order valence-electron chi connectivity index (χ2n) is 4.53. The molecule has 21 heavy (non-hydrogen) atoms. The Labute approximate surface area is 131 Å². The summed E-state index contributed by atoms with van der Waals surface area (Å²) in [6.45, 7) is 0.878. The van der Waals surface area contributed by atoms with Crippen LogP contribution in [-0.4, -0.2) is 13.7 Å². The summed E-state index contributed by atoms with van der Waals surface area (Å²) >= 11 is 0. The average Bonchev–Trinajstić information content (AvgIpc) is 2.52. The molecule has 0 saturated heterocycles. The van der Waals surface area contributed by atoms with E-state index in [4.69, 9.17) is 20.9 Å². The zero-order valence-electron chi connectivity index (χ0n) is 12.0. The first-order chi connectivity index (χ1) is 9.74. The Morgan fingerprint density at radius 2 is 1.76 bits per heavy atom. The van der Waals surface area contributed by atoms with Crippen molar-refractivity contribution in [2.24, 2.45) is 11.5 Å². The van der Waals surface area contributed by atoms with Crippen LogP contribution in [0.5, 0.6) is 11.5 Å². The summed E-state index contributed by atoms with van der Waals surface area (Å²) in [7, 11) is 1.62. The lowest BCUT2D eigenvalue weighted by atomic mass is 10.1. The van der Waals surface area contributed by atoms with Crippen molar-refractivity contribution in [2.45, 2.75) is 12.6 Å². The Bertz CT molecular complexity index is 549. The maximum absolute atomic E-state index is 5.94. The standard InChI is InChI=1S/C16H20N2O2.ClH/c1-19-15-8-7-13(14(18)10-17)9-16(15)20-11-12-5-3-2-4-6-12;/h2-9,14H,10-11,17-18H2,1H3;1H/t14-;/m1./s1. The number of hydrogen-bond donors (Lipinski definition) is 2. The van der Waals surface area contributed by atoms with E-state index in [9.17, 15) is 0 Å². The summed E-state index contributed by atoms with van der Waals surface area (Å²) in [6.07, 6.45) is 0. The molecule has 0 amide bonds. The van der Waals surface area contributed by atoms with Gasteiger partial charge in [0.05, 0.1) is 7.11 Å². The normalized spacial score (nSPS) is 11.4. The Balaban J connectivity index is 0.00000220. The second-order valence-corrected chi connectivity index (χ2v) is 4.53. The summed E-state index contributed by atoms with van der Waals surface area (Å²) in [5, 5.41) is 0. The van der Waals surface area contributed by atoms with Crippen molar-refractivity contribution in [1.29, 1.82) is 0 Å². The van der Waals surface area contributed by atoms with Gasteiger partial charge < -0.3 is 20.9 Å². The number of nitrogens with two attached hydrogens (primary N) is 2. The van der Waals surface area contributed by atoms with Crippen LogP contribution in [0.25, 0.3) is 0 Å². The van der Waals surface area contributed by atoms with Gasteiger partial charge >= 0.3 is 0 Å². The molecule has 0 aliphatic rings. The highest BCUT2D eigenvalue weighted by atomic mass is 35.5. The van der Waals surface area contributed by atoms with Crippen LogP contribution in [0.3, 0.4) is 0 Å². The molecule has 114 valence electrons. The maximum Gasteiger partial charge on any atom is 0.161 e. The van der Waals surface area contributed by atoms with Crippen LogP contribution in [0.15, 0.2) is 48.5 Å². The maximum atomic E-state index is 5.94. The molecule has 0 spiro atoms. The average molecular weight is 309 g/mol. The number of halogens is 1. The Morgan fingerprint density at radius 1 is 1.05 bits per heavy atom. The van der Waals surface area contributed by atoms with Gasteiger partial charge in [-0.25, -0.2) is 0 Å². The molecule has 0 bridgehead atoms. The van der Waals surface area contributed by atoms with Gasteiger partial charge in [-0.1, -0.05) is 36.4 Å². The molecule has 1 atom stereocenters. The van der Waals surface area contributed by atoms with E-state index in [0.29, 0.717) is 24.7 Å². The van der Waals surface area contributed by atoms with E-state index in [1.54, 1.807) is 7.11 Å².